The van der Waals surface area contributed by atoms with E-state index in [9.17, 15) is 19.5 Å². The first-order valence-electron chi connectivity index (χ1n) is 16.4. The van der Waals surface area contributed by atoms with Gasteiger partial charge in [-0.25, -0.2) is 9.59 Å². The minimum atomic E-state index is -0.544. The van der Waals surface area contributed by atoms with E-state index in [1.165, 1.54) is 0 Å². The lowest BCUT2D eigenvalue weighted by Crippen LogP contribution is -2.48. The van der Waals surface area contributed by atoms with Gasteiger partial charge in [-0.15, -0.1) is 0 Å². The lowest BCUT2D eigenvalue weighted by atomic mass is 10.0. The summed E-state index contributed by atoms with van der Waals surface area (Å²) >= 11 is 0. The summed E-state index contributed by atoms with van der Waals surface area (Å²) in [5.74, 6) is 0.265. The molecule has 13 nitrogen and oxygen atoms in total. The minimum absolute atomic E-state index is 0.201. The molecule has 4 rings (SSSR count). The first kappa shape index (κ1) is 36.2. The Morgan fingerprint density at radius 3 is 2.50 bits per heavy atom. The van der Waals surface area contributed by atoms with Gasteiger partial charge in [-0.1, -0.05) is 30.3 Å². The molecule has 3 aromatic rings. The average Bonchev–Trinajstić information content (AvgIpc) is 3.38. The van der Waals surface area contributed by atoms with E-state index in [0.717, 1.165) is 19.3 Å². The van der Waals surface area contributed by atoms with Crippen molar-refractivity contribution in [1.29, 1.82) is 0 Å². The van der Waals surface area contributed by atoms with Crippen molar-refractivity contribution in [1.82, 2.24) is 15.0 Å². The number of rotatable bonds is 7. The number of nitrogens with one attached hydrogen (secondary N) is 3. The van der Waals surface area contributed by atoms with E-state index in [0.29, 0.717) is 47.4 Å². The van der Waals surface area contributed by atoms with E-state index in [1.807, 2.05) is 44.2 Å². The van der Waals surface area contributed by atoms with E-state index in [4.69, 9.17) is 14.0 Å². The van der Waals surface area contributed by atoms with Crippen molar-refractivity contribution in [2.24, 2.45) is 5.92 Å². The zero-order valence-corrected chi connectivity index (χ0v) is 28.6. The molecule has 1 aromatic heterocycles. The van der Waals surface area contributed by atoms with Gasteiger partial charge in [0.25, 0.3) is 5.91 Å². The Morgan fingerprint density at radius 1 is 1.06 bits per heavy atom. The van der Waals surface area contributed by atoms with Gasteiger partial charge in [-0.2, -0.15) is 0 Å². The number of nitrogens with zero attached hydrogens (tertiary/aromatic N) is 3. The van der Waals surface area contributed by atoms with Crippen LogP contribution in [0.3, 0.4) is 0 Å². The van der Waals surface area contributed by atoms with Gasteiger partial charge in [0.05, 0.1) is 30.4 Å². The summed E-state index contributed by atoms with van der Waals surface area (Å²) in [6.07, 6.45) is 1.77. The molecule has 0 bridgehead atoms. The van der Waals surface area contributed by atoms with Crippen LogP contribution in [0.1, 0.15) is 61.8 Å². The van der Waals surface area contributed by atoms with Crippen LogP contribution in [0.4, 0.5) is 26.7 Å². The quantitative estimate of drug-likeness (QED) is 0.243. The monoisotopic (exact) mass is 664 g/mol. The zero-order chi connectivity index (χ0) is 34.8. The molecular formula is C35H48N6O7. The second-order valence-corrected chi connectivity index (χ2v) is 12.5. The lowest BCUT2D eigenvalue weighted by molar-refractivity contribution is -0.0115. The fourth-order valence-electron chi connectivity index (χ4n) is 5.49. The predicted octanol–water partition coefficient (Wildman–Crippen LogP) is 5.89. The number of benzene rings is 2. The second kappa shape index (κ2) is 17.0. The number of hydrogen-bond donors (Lipinski definition) is 4. The molecule has 0 radical (unpaired) electrons. The highest BCUT2D eigenvalue weighted by atomic mass is 16.5. The molecule has 0 spiro atoms. The first-order valence-corrected chi connectivity index (χ1v) is 16.4. The highest BCUT2D eigenvalue weighted by Gasteiger charge is 2.31. The van der Waals surface area contributed by atoms with Crippen molar-refractivity contribution in [2.45, 2.75) is 72.1 Å². The molecule has 0 unspecified atom stereocenters. The van der Waals surface area contributed by atoms with E-state index in [-0.39, 0.29) is 42.7 Å². The molecule has 1 aliphatic heterocycles. The van der Waals surface area contributed by atoms with E-state index >= 15 is 0 Å². The molecule has 2 aromatic carbocycles. The van der Waals surface area contributed by atoms with Crippen LogP contribution in [-0.2, 0) is 4.74 Å². The van der Waals surface area contributed by atoms with E-state index in [2.05, 4.69) is 21.1 Å². The first-order chi connectivity index (χ1) is 23.0. The number of aliphatic hydroxyl groups is 1. The van der Waals surface area contributed by atoms with Gasteiger partial charge in [0.1, 0.15) is 17.1 Å². The Balaban J connectivity index is 1.59. The Morgan fingerprint density at radius 2 is 1.81 bits per heavy atom. The lowest BCUT2D eigenvalue weighted by Gasteiger charge is -2.35. The number of urea groups is 2. The number of para-hydroxylation sites is 1. The minimum Gasteiger partial charge on any atom is -0.490 e. The fourth-order valence-corrected chi connectivity index (χ4v) is 5.49. The van der Waals surface area contributed by atoms with Gasteiger partial charge < -0.3 is 44.9 Å². The van der Waals surface area contributed by atoms with Crippen molar-refractivity contribution in [3.8, 4) is 5.75 Å². The van der Waals surface area contributed by atoms with Gasteiger partial charge in [-0.3, -0.25) is 4.79 Å². The van der Waals surface area contributed by atoms with Crippen LogP contribution in [0.5, 0.6) is 5.75 Å². The number of ether oxygens (including phenoxy) is 2. The number of amides is 5. The number of aromatic nitrogens is 1. The van der Waals surface area contributed by atoms with Crippen LogP contribution >= 0.6 is 0 Å². The SMILES string of the molecule is Cc1noc(C)c1NC(=O)Nc1ccc2c(c1)C(=O)N([C@@H](C)CO)C[C@H](C)[C@H](CN(C)C(=O)Nc1ccccc1)OCCCC[C@H](C)O2. The molecule has 0 saturated carbocycles. The Bertz CT molecular complexity index is 1510. The van der Waals surface area contributed by atoms with Crippen molar-refractivity contribution in [2.75, 3.05) is 49.3 Å². The molecule has 4 atom stereocenters. The summed E-state index contributed by atoms with van der Waals surface area (Å²) in [4.78, 5) is 43.5. The van der Waals surface area contributed by atoms with Crippen LogP contribution in [-0.4, -0.2) is 89.6 Å². The van der Waals surface area contributed by atoms with E-state index in [1.54, 1.807) is 55.8 Å². The molecule has 260 valence electrons. The van der Waals surface area contributed by atoms with Crippen LogP contribution in [0.2, 0.25) is 0 Å². The van der Waals surface area contributed by atoms with Gasteiger partial charge >= 0.3 is 12.1 Å². The third kappa shape index (κ3) is 9.71. The third-order valence-corrected chi connectivity index (χ3v) is 8.41. The normalized spacial score (nSPS) is 19.7. The van der Waals surface area contributed by atoms with Gasteiger partial charge in [0.15, 0.2) is 5.76 Å². The maximum absolute atomic E-state index is 14.4. The maximum Gasteiger partial charge on any atom is 0.323 e. The zero-order valence-electron chi connectivity index (χ0n) is 28.6. The Kier molecular flexibility index (Phi) is 12.8. The standard InChI is InChI=1S/C35H48N6O7/c1-22-19-41(23(2)21-42)33(43)29-18-28(36-34(44)38-32-25(4)39-48-26(32)5)15-16-30(29)47-24(3)12-10-11-17-46-31(22)20-40(6)35(45)37-27-13-8-7-9-14-27/h7-9,13-16,18,22-24,31,42H,10-12,17,19-21H2,1-6H3,(H,37,45)(H2,36,38,44)/t22-,23-,24-,31-/m0/s1. The number of carbonyl (C=O) groups excluding carboxylic acids is 3. The second-order valence-electron chi connectivity index (χ2n) is 12.5. The number of fused-ring (bicyclic) bond motifs is 1. The summed E-state index contributed by atoms with van der Waals surface area (Å²) in [6, 6.07) is 12.8. The number of carbonyl (C=O) groups is 3. The fraction of sp³-hybridized carbons (Fsp3) is 0.486. The Labute approximate surface area is 281 Å². The van der Waals surface area contributed by atoms with Crippen molar-refractivity contribution >= 4 is 35.0 Å². The summed E-state index contributed by atoms with van der Waals surface area (Å²) in [5.41, 5.74) is 2.32. The molecule has 0 fully saturated rings. The van der Waals surface area contributed by atoms with Gasteiger partial charge in [0.2, 0.25) is 0 Å². The van der Waals surface area contributed by atoms with Crippen LogP contribution in [0.15, 0.2) is 53.1 Å². The molecule has 1 aliphatic rings. The summed E-state index contributed by atoms with van der Waals surface area (Å²) in [5, 5.41) is 22.5. The molecule has 48 heavy (non-hydrogen) atoms. The molecule has 4 N–H and O–H groups in total. The van der Waals surface area contributed by atoms with Crippen LogP contribution in [0.25, 0.3) is 0 Å². The highest BCUT2D eigenvalue weighted by molar-refractivity contribution is 6.03. The van der Waals surface area contributed by atoms with Gasteiger partial charge in [-0.05, 0) is 77.3 Å². The summed E-state index contributed by atoms with van der Waals surface area (Å²) < 4.78 is 17.8. The molecule has 0 aliphatic carbocycles. The molecular weight excluding hydrogens is 616 g/mol. The van der Waals surface area contributed by atoms with Crippen molar-refractivity contribution in [3.05, 3.63) is 65.5 Å². The molecule has 5 amide bonds. The Hall–Kier alpha value is -4.62. The molecule has 13 heteroatoms. The number of likely N-dealkylation sites (N-methyl/N-ethyl adjacent to an activating group) is 1. The van der Waals surface area contributed by atoms with E-state index < -0.39 is 18.2 Å². The van der Waals surface area contributed by atoms with Gasteiger partial charge in [0, 0.05) is 44.0 Å². The highest BCUT2D eigenvalue weighted by Crippen LogP contribution is 2.29. The maximum atomic E-state index is 14.4. The summed E-state index contributed by atoms with van der Waals surface area (Å²) in [6.45, 7) is 9.85. The number of anilines is 3. The smallest absolute Gasteiger partial charge is 0.323 e. The largest absolute Gasteiger partial charge is 0.490 e. The number of aryl methyl sites for hydroxylation is 2. The van der Waals surface area contributed by atoms with Crippen molar-refractivity contribution in [3.63, 3.8) is 0 Å². The van der Waals surface area contributed by atoms with Crippen molar-refractivity contribution < 1.29 is 33.5 Å². The number of aliphatic hydroxyl groups excluding tert-OH is 1. The average molecular weight is 665 g/mol. The third-order valence-electron chi connectivity index (χ3n) is 8.41. The van der Waals surface area contributed by atoms with Crippen LogP contribution in [0, 0.1) is 19.8 Å². The van der Waals surface area contributed by atoms with Crippen LogP contribution < -0.4 is 20.7 Å². The molecule has 0 saturated heterocycles. The topological polar surface area (TPSA) is 158 Å². The molecule has 2 heterocycles. The predicted molar refractivity (Wildman–Crippen MR) is 184 cm³/mol. The number of hydrogen-bond acceptors (Lipinski definition) is 8. The summed E-state index contributed by atoms with van der Waals surface area (Å²) in [7, 11) is 1.71.